The Kier molecular flexibility index (Phi) is 5.33. The normalized spacial score (nSPS) is 12.6. The van der Waals surface area contributed by atoms with Gasteiger partial charge in [-0.25, -0.2) is 0 Å². The quantitative estimate of drug-likeness (QED) is 0.627. The number of rotatable bonds is 4. The van der Waals surface area contributed by atoms with Crippen molar-refractivity contribution in [2.75, 3.05) is 6.26 Å². The van der Waals surface area contributed by atoms with E-state index in [0.717, 1.165) is 17.3 Å². The van der Waals surface area contributed by atoms with Crippen LogP contribution >= 0.6 is 11.8 Å². The van der Waals surface area contributed by atoms with E-state index in [0.29, 0.717) is 0 Å². The number of carbonyl (C=O) groups is 1. The van der Waals surface area contributed by atoms with Crippen LogP contribution in [0.1, 0.15) is 12.0 Å². The summed E-state index contributed by atoms with van der Waals surface area (Å²) in [5.41, 5.74) is 0.781. The average Bonchev–Trinajstić information content (AvgIpc) is 2.34. The van der Waals surface area contributed by atoms with E-state index in [1.165, 1.54) is 0 Å². The second-order valence-electron chi connectivity index (χ2n) is 3.37. The molecule has 0 unspecified atom stereocenters. The van der Waals surface area contributed by atoms with Crippen molar-refractivity contribution in [1.82, 2.24) is 4.98 Å². The Morgan fingerprint density at radius 1 is 1.50 bits per heavy atom. The van der Waals surface area contributed by atoms with Gasteiger partial charge in [0, 0.05) is 12.4 Å². The van der Waals surface area contributed by atoms with Gasteiger partial charge in [0.05, 0.1) is 18.0 Å². The molecule has 0 amide bonds. The van der Waals surface area contributed by atoms with E-state index in [-0.39, 0.29) is 11.6 Å². The molecule has 98 valence electrons. The zero-order valence-corrected chi connectivity index (χ0v) is 10.4. The first-order chi connectivity index (χ1) is 8.43. The number of pyridine rings is 1. The third-order valence-corrected chi connectivity index (χ3v) is 2.77. The van der Waals surface area contributed by atoms with E-state index in [2.05, 4.69) is 9.98 Å². The molecule has 0 fully saturated rings. The number of hydrogen-bond donors (Lipinski definition) is 0. The first kappa shape index (κ1) is 14.7. The Bertz CT molecular complexity index is 432. The number of carbonyl (C=O) groups excluding carboxylic acids is 1. The number of aromatic nitrogens is 1. The topological polar surface area (TPSA) is 42.3 Å². The van der Waals surface area contributed by atoms with Gasteiger partial charge in [-0.3, -0.25) is 14.8 Å². The Balaban J connectivity index is 2.64. The second kappa shape index (κ2) is 6.53. The van der Waals surface area contributed by atoms with Gasteiger partial charge < -0.3 is 0 Å². The minimum atomic E-state index is -4.80. The molecule has 3 nitrogen and oxygen atoms in total. The van der Waals surface area contributed by atoms with Gasteiger partial charge in [0.15, 0.2) is 0 Å². The van der Waals surface area contributed by atoms with Crippen molar-refractivity contribution < 1.29 is 18.0 Å². The standard InChI is InChI=1S/C11H11F3N2OS/c1-18-10(5-9(17)11(12,13)14)16-7-8-3-2-4-15-6-8/h2-4,6H,5,7H2,1H3. The molecule has 18 heavy (non-hydrogen) atoms. The fourth-order valence-corrected chi connectivity index (χ4v) is 1.57. The maximum Gasteiger partial charge on any atom is 0.450 e. The fourth-order valence-electron chi connectivity index (χ4n) is 1.10. The number of hydrogen-bond acceptors (Lipinski definition) is 4. The van der Waals surface area contributed by atoms with Crippen molar-refractivity contribution in [3.8, 4) is 0 Å². The molecule has 0 aliphatic rings. The molecule has 0 spiro atoms. The maximum absolute atomic E-state index is 12.1. The molecular formula is C11H11F3N2OS. The van der Waals surface area contributed by atoms with Crippen LogP contribution in [-0.4, -0.2) is 28.2 Å². The van der Waals surface area contributed by atoms with Crippen LogP contribution in [0.3, 0.4) is 0 Å². The largest absolute Gasteiger partial charge is 0.450 e. The van der Waals surface area contributed by atoms with Crippen LogP contribution in [0, 0.1) is 0 Å². The minimum absolute atomic E-state index is 0.168. The summed E-state index contributed by atoms with van der Waals surface area (Å²) in [6.07, 6.45) is -0.746. The zero-order chi connectivity index (χ0) is 13.6. The SMILES string of the molecule is CSC(CC(=O)C(F)(F)F)=NCc1cccnc1. The smallest absolute Gasteiger partial charge is 0.289 e. The highest BCUT2D eigenvalue weighted by Gasteiger charge is 2.38. The van der Waals surface area contributed by atoms with Crippen LogP contribution in [0.4, 0.5) is 13.2 Å². The Morgan fingerprint density at radius 3 is 2.72 bits per heavy atom. The molecule has 0 bridgehead atoms. The lowest BCUT2D eigenvalue weighted by Gasteiger charge is -2.06. The summed E-state index contributed by atoms with van der Waals surface area (Å²) in [5, 5.41) is 0.168. The molecule has 0 aliphatic heterocycles. The van der Waals surface area contributed by atoms with E-state index in [9.17, 15) is 18.0 Å². The van der Waals surface area contributed by atoms with Crippen LogP contribution in [0.15, 0.2) is 29.5 Å². The van der Waals surface area contributed by atoms with Crippen LogP contribution in [0.5, 0.6) is 0 Å². The van der Waals surface area contributed by atoms with Crippen LogP contribution in [0.25, 0.3) is 0 Å². The molecular weight excluding hydrogens is 265 g/mol. The number of aliphatic imine (C=N–C) groups is 1. The van der Waals surface area contributed by atoms with Crippen molar-refractivity contribution >= 4 is 22.6 Å². The van der Waals surface area contributed by atoms with E-state index in [1.807, 2.05) is 0 Å². The molecule has 0 aliphatic carbocycles. The molecule has 0 aromatic carbocycles. The molecule has 0 saturated carbocycles. The first-order valence-electron chi connectivity index (χ1n) is 4.99. The summed E-state index contributed by atoms with van der Waals surface area (Å²) in [6, 6.07) is 3.48. The monoisotopic (exact) mass is 276 g/mol. The third-order valence-electron chi connectivity index (χ3n) is 2.02. The van der Waals surface area contributed by atoms with E-state index in [4.69, 9.17) is 0 Å². The predicted octanol–water partition coefficient (Wildman–Crippen LogP) is 2.86. The van der Waals surface area contributed by atoms with Gasteiger partial charge in [0.25, 0.3) is 0 Å². The van der Waals surface area contributed by atoms with Crippen molar-refractivity contribution in [2.24, 2.45) is 4.99 Å². The second-order valence-corrected chi connectivity index (χ2v) is 4.25. The Labute approximate surface area is 107 Å². The lowest BCUT2D eigenvalue weighted by atomic mass is 10.3. The maximum atomic E-state index is 12.1. The lowest BCUT2D eigenvalue weighted by Crippen LogP contribution is -2.24. The highest BCUT2D eigenvalue weighted by Crippen LogP contribution is 2.20. The van der Waals surface area contributed by atoms with Gasteiger partial charge in [-0.1, -0.05) is 6.07 Å². The Morgan fingerprint density at radius 2 is 2.22 bits per heavy atom. The van der Waals surface area contributed by atoms with Crippen LogP contribution in [0.2, 0.25) is 0 Å². The van der Waals surface area contributed by atoms with Crippen molar-refractivity contribution in [3.05, 3.63) is 30.1 Å². The molecule has 1 rings (SSSR count). The highest BCUT2D eigenvalue weighted by molar-refractivity contribution is 8.13. The van der Waals surface area contributed by atoms with E-state index < -0.39 is 18.4 Å². The van der Waals surface area contributed by atoms with Gasteiger partial charge in [-0.05, 0) is 17.9 Å². The summed E-state index contributed by atoms with van der Waals surface area (Å²) in [6.45, 7) is 0.217. The molecule has 1 aromatic rings. The fraction of sp³-hybridized carbons (Fsp3) is 0.364. The van der Waals surface area contributed by atoms with Crippen LogP contribution < -0.4 is 0 Å². The van der Waals surface area contributed by atoms with Crippen molar-refractivity contribution in [3.63, 3.8) is 0 Å². The number of thioether (sulfide) groups is 1. The molecule has 0 saturated heterocycles. The first-order valence-corrected chi connectivity index (χ1v) is 6.22. The third kappa shape index (κ3) is 4.87. The molecule has 7 heteroatoms. The van der Waals surface area contributed by atoms with Gasteiger partial charge in [0.1, 0.15) is 0 Å². The van der Waals surface area contributed by atoms with Crippen LogP contribution in [-0.2, 0) is 11.3 Å². The lowest BCUT2D eigenvalue weighted by molar-refractivity contribution is -0.169. The summed E-state index contributed by atoms with van der Waals surface area (Å²) in [7, 11) is 0. The van der Waals surface area contributed by atoms with Gasteiger partial charge in [-0.15, -0.1) is 11.8 Å². The molecule has 1 aromatic heterocycles. The average molecular weight is 276 g/mol. The summed E-state index contributed by atoms with van der Waals surface area (Å²) in [4.78, 5) is 18.7. The minimum Gasteiger partial charge on any atom is -0.289 e. The molecule has 0 atom stereocenters. The van der Waals surface area contributed by atoms with Crippen molar-refractivity contribution in [2.45, 2.75) is 19.1 Å². The van der Waals surface area contributed by atoms with Gasteiger partial charge in [0.2, 0.25) is 5.78 Å². The number of ketones is 1. The van der Waals surface area contributed by atoms with Crippen molar-refractivity contribution in [1.29, 1.82) is 0 Å². The number of Topliss-reactive ketones (excluding diaryl/α,β-unsaturated/α-hetero) is 1. The molecule has 1 heterocycles. The number of alkyl halides is 3. The molecule has 0 N–H and O–H groups in total. The van der Waals surface area contributed by atoms with E-state index in [1.54, 1.807) is 30.8 Å². The molecule has 0 radical (unpaired) electrons. The predicted molar refractivity (Wildman–Crippen MR) is 64.6 cm³/mol. The van der Waals surface area contributed by atoms with Gasteiger partial charge in [-0.2, -0.15) is 13.2 Å². The van der Waals surface area contributed by atoms with Gasteiger partial charge >= 0.3 is 6.18 Å². The highest BCUT2D eigenvalue weighted by atomic mass is 32.2. The summed E-state index contributed by atoms with van der Waals surface area (Å²) < 4.78 is 36.3. The summed E-state index contributed by atoms with van der Waals surface area (Å²) in [5.74, 6) is -1.78. The number of nitrogens with zero attached hydrogens (tertiary/aromatic N) is 2. The summed E-state index contributed by atoms with van der Waals surface area (Å²) >= 11 is 1.04. The zero-order valence-electron chi connectivity index (χ0n) is 9.57. The van der Waals surface area contributed by atoms with E-state index >= 15 is 0 Å². The number of halogens is 3. The Hall–Kier alpha value is -1.37.